The molecule has 3 N–H and O–H groups in total. The number of thioether (sulfide) groups is 1. The standard InChI is InChI=1S/C12H13NO9S2/c1-5(22-24(19,20)21)9-6-4-7(23-3-2-8(14)15)10(12(17)18)13(6)11(9)16/h2-3,5-6,9H,4H2,1H3,(H,14,15)(H,17,18)(H,19,20,21)/b3-2-/t5-,6+,9-/m0/s1. The normalized spacial score (nSPS) is 24.9. The van der Waals surface area contributed by atoms with E-state index in [4.69, 9.17) is 9.66 Å². The first-order chi connectivity index (χ1) is 11.0. The van der Waals surface area contributed by atoms with Crippen molar-refractivity contribution in [2.45, 2.75) is 25.5 Å². The zero-order valence-electron chi connectivity index (χ0n) is 12.1. The summed E-state index contributed by atoms with van der Waals surface area (Å²) in [6, 6.07) is -0.624. The van der Waals surface area contributed by atoms with Gasteiger partial charge in [-0.15, -0.1) is 0 Å². The van der Waals surface area contributed by atoms with Crippen LogP contribution < -0.4 is 0 Å². The maximum absolute atomic E-state index is 12.2. The Morgan fingerprint density at radius 1 is 1.42 bits per heavy atom. The first-order valence-corrected chi connectivity index (χ1v) is 8.78. The number of nitrogens with zero attached hydrogens (tertiary/aromatic N) is 1. The highest BCUT2D eigenvalue weighted by Gasteiger charge is 2.57. The summed E-state index contributed by atoms with van der Waals surface area (Å²) in [5.41, 5.74) is -0.264. The van der Waals surface area contributed by atoms with Gasteiger partial charge in [-0.25, -0.2) is 13.8 Å². The van der Waals surface area contributed by atoms with Gasteiger partial charge in [-0.05, 0) is 12.3 Å². The van der Waals surface area contributed by atoms with Gasteiger partial charge in [0, 0.05) is 17.4 Å². The summed E-state index contributed by atoms with van der Waals surface area (Å²) in [5.74, 6) is -4.11. The molecule has 2 aliphatic rings. The maximum atomic E-state index is 12.2. The average Bonchev–Trinajstić information content (AvgIpc) is 2.71. The van der Waals surface area contributed by atoms with Crippen LogP contribution in [0, 0.1) is 5.92 Å². The Balaban J connectivity index is 2.19. The molecule has 0 aromatic heterocycles. The fourth-order valence-corrected chi connectivity index (χ4v) is 4.16. The van der Waals surface area contributed by atoms with Gasteiger partial charge in [0.25, 0.3) is 0 Å². The Morgan fingerprint density at radius 3 is 2.54 bits per heavy atom. The zero-order chi connectivity index (χ0) is 18.2. The van der Waals surface area contributed by atoms with E-state index < -0.39 is 46.3 Å². The van der Waals surface area contributed by atoms with Crippen LogP contribution in [0.25, 0.3) is 0 Å². The number of hydrogen-bond donors (Lipinski definition) is 3. The van der Waals surface area contributed by atoms with Crippen molar-refractivity contribution in [1.29, 1.82) is 0 Å². The monoisotopic (exact) mass is 379 g/mol. The Kier molecular flexibility index (Phi) is 5.03. The molecule has 0 radical (unpaired) electrons. The van der Waals surface area contributed by atoms with Crippen LogP contribution in [0.15, 0.2) is 22.1 Å². The van der Waals surface area contributed by atoms with E-state index in [1.165, 1.54) is 12.3 Å². The van der Waals surface area contributed by atoms with Crippen molar-refractivity contribution >= 4 is 40.0 Å². The van der Waals surface area contributed by atoms with E-state index in [9.17, 15) is 27.9 Å². The summed E-state index contributed by atoms with van der Waals surface area (Å²) in [6.45, 7) is 1.28. The number of carbonyl (C=O) groups is 3. The van der Waals surface area contributed by atoms with Crippen molar-refractivity contribution in [3.8, 4) is 0 Å². The van der Waals surface area contributed by atoms with E-state index in [2.05, 4.69) is 4.18 Å². The summed E-state index contributed by atoms with van der Waals surface area (Å²) < 4.78 is 34.6. The molecular weight excluding hydrogens is 366 g/mol. The molecule has 0 aromatic rings. The minimum atomic E-state index is -4.75. The molecule has 0 bridgehead atoms. The van der Waals surface area contributed by atoms with Gasteiger partial charge in [0.15, 0.2) is 0 Å². The van der Waals surface area contributed by atoms with Crippen LogP contribution >= 0.6 is 11.8 Å². The number of rotatable bonds is 7. The largest absolute Gasteiger partial charge is 0.478 e. The number of amides is 1. The fraction of sp³-hybridized carbons (Fsp3) is 0.417. The predicted molar refractivity (Wildman–Crippen MR) is 79.9 cm³/mol. The third-order valence-electron chi connectivity index (χ3n) is 3.57. The Morgan fingerprint density at radius 2 is 2.04 bits per heavy atom. The van der Waals surface area contributed by atoms with Gasteiger partial charge in [0.05, 0.1) is 18.1 Å². The van der Waals surface area contributed by atoms with Crippen molar-refractivity contribution in [1.82, 2.24) is 4.90 Å². The molecule has 0 aliphatic carbocycles. The summed E-state index contributed by atoms with van der Waals surface area (Å²) in [4.78, 5) is 35.3. The first-order valence-electron chi connectivity index (χ1n) is 6.54. The topological polar surface area (TPSA) is 159 Å². The fourth-order valence-electron chi connectivity index (χ4n) is 2.75. The van der Waals surface area contributed by atoms with E-state index in [1.807, 2.05) is 0 Å². The van der Waals surface area contributed by atoms with E-state index in [0.717, 1.165) is 22.7 Å². The van der Waals surface area contributed by atoms with Crippen LogP contribution in [0.5, 0.6) is 0 Å². The van der Waals surface area contributed by atoms with Crippen LogP contribution in [-0.4, -0.2) is 58.1 Å². The minimum absolute atomic E-state index is 0.117. The molecule has 24 heavy (non-hydrogen) atoms. The molecule has 132 valence electrons. The third kappa shape index (κ3) is 3.61. The van der Waals surface area contributed by atoms with Gasteiger partial charge in [0.2, 0.25) is 5.91 Å². The van der Waals surface area contributed by atoms with E-state index in [1.54, 1.807) is 0 Å². The van der Waals surface area contributed by atoms with Gasteiger partial charge >= 0.3 is 22.3 Å². The van der Waals surface area contributed by atoms with Gasteiger partial charge in [-0.3, -0.25) is 9.35 Å². The SMILES string of the molecule is C[C@H](OS(=O)(=O)O)[C@@H]1C(=O)N2C(C(=O)O)=C(S/C=C\C(=O)O)C[C@H]12. The predicted octanol–water partition coefficient (Wildman–Crippen LogP) is 0.0527. The highest BCUT2D eigenvalue weighted by atomic mass is 32.3. The van der Waals surface area contributed by atoms with E-state index in [-0.39, 0.29) is 17.0 Å². The lowest BCUT2D eigenvalue weighted by molar-refractivity contribution is -0.160. The van der Waals surface area contributed by atoms with E-state index in [0.29, 0.717) is 0 Å². The molecular formula is C12H13NO9S2. The number of β-lactam (4-membered cyclic amide) rings is 1. The molecule has 0 aromatic carbocycles. The molecule has 1 amide bonds. The molecule has 12 heteroatoms. The molecule has 2 heterocycles. The molecule has 2 rings (SSSR count). The maximum Gasteiger partial charge on any atom is 0.397 e. The minimum Gasteiger partial charge on any atom is -0.478 e. The highest BCUT2D eigenvalue weighted by molar-refractivity contribution is 8.05. The van der Waals surface area contributed by atoms with Crippen molar-refractivity contribution in [2.75, 3.05) is 0 Å². The lowest BCUT2D eigenvalue weighted by atomic mass is 9.83. The molecule has 1 fully saturated rings. The van der Waals surface area contributed by atoms with Gasteiger partial charge in [0.1, 0.15) is 5.70 Å². The van der Waals surface area contributed by atoms with E-state index >= 15 is 0 Å². The lowest BCUT2D eigenvalue weighted by Gasteiger charge is -2.45. The Hall–Kier alpha value is -1.89. The second kappa shape index (κ2) is 6.55. The summed E-state index contributed by atoms with van der Waals surface area (Å²) in [5, 5.41) is 19.0. The molecule has 2 aliphatic heterocycles. The number of carboxylic acid groups (broad SMARTS) is 2. The van der Waals surface area contributed by atoms with Crippen molar-refractivity contribution in [3.63, 3.8) is 0 Å². The summed E-state index contributed by atoms with van der Waals surface area (Å²) in [6.07, 6.45) is -0.218. The molecule has 0 saturated carbocycles. The third-order valence-corrected chi connectivity index (χ3v) is 5.03. The number of aliphatic carboxylic acids is 2. The summed E-state index contributed by atoms with van der Waals surface area (Å²) in [7, 11) is -4.75. The lowest BCUT2D eigenvalue weighted by Crippen LogP contribution is -2.62. The van der Waals surface area contributed by atoms with Gasteiger partial charge < -0.3 is 15.1 Å². The molecule has 1 saturated heterocycles. The summed E-state index contributed by atoms with van der Waals surface area (Å²) >= 11 is 0.860. The van der Waals surface area contributed by atoms with Crippen LogP contribution in [0.3, 0.4) is 0 Å². The van der Waals surface area contributed by atoms with Crippen LogP contribution in [0.4, 0.5) is 0 Å². The quantitative estimate of drug-likeness (QED) is 0.313. The number of fused-ring (bicyclic) bond motifs is 1. The molecule has 3 atom stereocenters. The second-order valence-corrected chi connectivity index (χ2v) is 7.12. The first kappa shape index (κ1) is 18.4. The zero-order valence-corrected chi connectivity index (χ0v) is 13.8. The molecule has 10 nitrogen and oxygen atoms in total. The Labute approximate surface area is 140 Å². The van der Waals surface area contributed by atoms with Crippen molar-refractivity contribution < 1.29 is 41.8 Å². The average molecular weight is 379 g/mol. The van der Waals surface area contributed by atoms with Crippen LogP contribution in [0.2, 0.25) is 0 Å². The number of carboxylic acids is 2. The van der Waals surface area contributed by atoms with Gasteiger partial charge in [-0.2, -0.15) is 8.42 Å². The van der Waals surface area contributed by atoms with Crippen LogP contribution in [-0.2, 0) is 29.0 Å². The molecule has 0 spiro atoms. The Bertz CT molecular complexity index is 754. The molecule has 0 unspecified atom stereocenters. The van der Waals surface area contributed by atoms with Crippen molar-refractivity contribution in [3.05, 3.63) is 22.1 Å². The second-order valence-electron chi connectivity index (χ2n) is 5.07. The highest BCUT2D eigenvalue weighted by Crippen LogP contribution is 2.47. The van der Waals surface area contributed by atoms with Crippen LogP contribution in [0.1, 0.15) is 13.3 Å². The number of carbonyl (C=O) groups excluding carboxylic acids is 1. The van der Waals surface area contributed by atoms with Crippen molar-refractivity contribution in [2.24, 2.45) is 5.92 Å². The smallest absolute Gasteiger partial charge is 0.397 e. The number of hydrogen-bond acceptors (Lipinski definition) is 7. The van der Waals surface area contributed by atoms with Gasteiger partial charge in [-0.1, -0.05) is 11.8 Å².